The summed E-state index contributed by atoms with van der Waals surface area (Å²) in [5, 5.41) is 3.98. The SMILES string of the molecule is CCS(=O)(=O)c1c(N)nsc1NC1CCCC(C)CC1. The van der Waals surface area contributed by atoms with Crippen LogP contribution in [0, 0.1) is 5.92 Å². The molecule has 0 spiro atoms. The van der Waals surface area contributed by atoms with Crippen molar-refractivity contribution in [3.05, 3.63) is 0 Å². The second-order valence-corrected chi connectivity index (χ2v) is 8.57. The Labute approximate surface area is 125 Å². The van der Waals surface area contributed by atoms with Crippen LogP contribution in [0.5, 0.6) is 0 Å². The van der Waals surface area contributed by atoms with Gasteiger partial charge < -0.3 is 11.1 Å². The van der Waals surface area contributed by atoms with E-state index in [1.807, 2.05) is 0 Å². The van der Waals surface area contributed by atoms with Gasteiger partial charge in [0.1, 0.15) is 9.90 Å². The van der Waals surface area contributed by atoms with Crippen LogP contribution in [-0.2, 0) is 9.84 Å². The minimum atomic E-state index is -3.33. The molecule has 1 heterocycles. The highest BCUT2D eigenvalue weighted by Crippen LogP contribution is 2.34. The molecular formula is C13H23N3O2S2. The van der Waals surface area contributed by atoms with Crippen LogP contribution in [0.2, 0.25) is 0 Å². The Kier molecular flexibility index (Phi) is 4.90. The van der Waals surface area contributed by atoms with Gasteiger partial charge in [-0.25, -0.2) is 8.42 Å². The van der Waals surface area contributed by atoms with Gasteiger partial charge in [0.15, 0.2) is 15.7 Å². The number of nitrogens with two attached hydrogens (primary N) is 1. The summed E-state index contributed by atoms with van der Waals surface area (Å²) in [7, 11) is -3.33. The third kappa shape index (κ3) is 3.44. The molecule has 1 fully saturated rings. The third-order valence-electron chi connectivity index (χ3n) is 3.96. The maximum absolute atomic E-state index is 12.1. The summed E-state index contributed by atoms with van der Waals surface area (Å²) in [4.78, 5) is 0.197. The zero-order valence-electron chi connectivity index (χ0n) is 12.1. The van der Waals surface area contributed by atoms with Crippen LogP contribution < -0.4 is 11.1 Å². The normalized spacial score (nSPS) is 24.3. The van der Waals surface area contributed by atoms with Crippen molar-refractivity contribution in [3.8, 4) is 0 Å². The number of hydrogen-bond donors (Lipinski definition) is 2. The zero-order valence-corrected chi connectivity index (χ0v) is 13.7. The van der Waals surface area contributed by atoms with Crippen molar-refractivity contribution in [2.24, 2.45) is 5.92 Å². The molecule has 114 valence electrons. The molecule has 5 nitrogen and oxygen atoms in total. The zero-order chi connectivity index (χ0) is 14.8. The lowest BCUT2D eigenvalue weighted by Crippen LogP contribution is -2.19. The number of nitrogen functional groups attached to an aromatic ring is 1. The quantitative estimate of drug-likeness (QED) is 0.834. The summed E-state index contributed by atoms with van der Waals surface area (Å²) in [5.74, 6) is 0.930. The molecule has 3 N–H and O–H groups in total. The summed E-state index contributed by atoms with van der Waals surface area (Å²) in [6.45, 7) is 3.91. The van der Waals surface area contributed by atoms with Gasteiger partial charge in [-0.2, -0.15) is 4.37 Å². The largest absolute Gasteiger partial charge is 0.382 e. The number of nitrogens with one attached hydrogen (secondary N) is 1. The van der Waals surface area contributed by atoms with E-state index in [1.54, 1.807) is 6.92 Å². The average Bonchev–Trinajstić information content (AvgIpc) is 2.64. The first-order chi connectivity index (χ1) is 9.44. The second-order valence-electron chi connectivity index (χ2n) is 5.58. The molecule has 2 unspecified atom stereocenters. The van der Waals surface area contributed by atoms with Crippen LogP contribution in [0.1, 0.15) is 46.0 Å². The van der Waals surface area contributed by atoms with E-state index in [-0.39, 0.29) is 16.5 Å². The van der Waals surface area contributed by atoms with E-state index in [9.17, 15) is 8.42 Å². The number of aromatic nitrogens is 1. The minimum Gasteiger partial charge on any atom is -0.382 e. The predicted molar refractivity (Wildman–Crippen MR) is 83.9 cm³/mol. The van der Waals surface area contributed by atoms with Crippen molar-refractivity contribution in [2.75, 3.05) is 16.8 Å². The topological polar surface area (TPSA) is 85.1 Å². The van der Waals surface area contributed by atoms with Gasteiger partial charge >= 0.3 is 0 Å². The van der Waals surface area contributed by atoms with Gasteiger partial charge in [-0.3, -0.25) is 0 Å². The van der Waals surface area contributed by atoms with Crippen molar-refractivity contribution >= 4 is 32.2 Å². The fraction of sp³-hybridized carbons (Fsp3) is 0.769. The molecular weight excluding hydrogens is 294 g/mol. The molecule has 1 aliphatic carbocycles. The monoisotopic (exact) mass is 317 g/mol. The Morgan fingerprint density at radius 1 is 1.35 bits per heavy atom. The molecule has 0 bridgehead atoms. The molecule has 2 atom stereocenters. The van der Waals surface area contributed by atoms with Gasteiger partial charge in [0.05, 0.1) is 5.75 Å². The molecule has 1 saturated carbocycles. The Morgan fingerprint density at radius 3 is 2.80 bits per heavy atom. The highest BCUT2D eigenvalue weighted by molar-refractivity contribution is 7.91. The van der Waals surface area contributed by atoms with Crippen molar-refractivity contribution < 1.29 is 8.42 Å². The Hall–Kier alpha value is -0.820. The van der Waals surface area contributed by atoms with Crippen molar-refractivity contribution in [1.29, 1.82) is 0 Å². The predicted octanol–water partition coefficient (Wildman–Crippen LogP) is 2.90. The van der Waals surface area contributed by atoms with E-state index < -0.39 is 9.84 Å². The number of anilines is 2. The van der Waals surface area contributed by atoms with Gasteiger partial charge in [-0.15, -0.1) is 0 Å². The third-order valence-corrected chi connectivity index (χ3v) is 6.67. The maximum Gasteiger partial charge on any atom is 0.184 e. The lowest BCUT2D eigenvalue weighted by Gasteiger charge is -2.17. The van der Waals surface area contributed by atoms with E-state index in [0.717, 1.165) is 30.3 Å². The van der Waals surface area contributed by atoms with Crippen LogP contribution in [0.25, 0.3) is 0 Å². The summed E-state index contributed by atoms with van der Waals surface area (Å²) in [5.41, 5.74) is 5.74. The Morgan fingerprint density at radius 2 is 2.10 bits per heavy atom. The van der Waals surface area contributed by atoms with Gasteiger partial charge in [-0.05, 0) is 36.7 Å². The number of hydrogen-bond acceptors (Lipinski definition) is 6. The first kappa shape index (κ1) is 15.6. The summed E-state index contributed by atoms with van der Waals surface area (Å²) >= 11 is 1.15. The number of nitrogens with zero attached hydrogens (tertiary/aromatic N) is 1. The molecule has 0 aliphatic heterocycles. The lowest BCUT2D eigenvalue weighted by atomic mass is 10.0. The van der Waals surface area contributed by atoms with Crippen molar-refractivity contribution in [1.82, 2.24) is 4.37 Å². The van der Waals surface area contributed by atoms with Crippen molar-refractivity contribution in [2.45, 2.75) is 56.9 Å². The van der Waals surface area contributed by atoms with Crippen LogP contribution in [0.4, 0.5) is 10.8 Å². The fourth-order valence-electron chi connectivity index (χ4n) is 2.65. The average molecular weight is 317 g/mol. The molecule has 2 rings (SSSR count). The molecule has 0 aromatic carbocycles. The molecule has 20 heavy (non-hydrogen) atoms. The molecule has 1 aromatic rings. The summed E-state index contributed by atoms with van der Waals surface area (Å²) in [6.07, 6.45) is 5.77. The fourth-order valence-corrected chi connectivity index (χ4v) is 4.88. The van der Waals surface area contributed by atoms with E-state index >= 15 is 0 Å². The number of sulfone groups is 1. The highest BCUT2D eigenvalue weighted by Gasteiger charge is 2.26. The number of rotatable bonds is 4. The van der Waals surface area contributed by atoms with Crippen LogP contribution in [-0.4, -0.2) is 24.6 Å². The molecule has 0 radical (unpaired) electrons. The van der Waals surface area contributed by atoms with Crippen LogP contribution in [0.15, 0.2) is 4.90 Å². The van der Waals surface area contributed by atoms with E-state index in [1.165, 1.54) is 19.3 Å². The molecule has 7 heteroatoms. The maximum atomic E-state index is 12.1. The van der Waals surface area contributed by atoms with Crippen LogP contribution >= 0.6 is 11.5 Å². The van der Waals surface area contributed by atoms with Gasteiger partial charge in [0, 0.05) is 6.04 Å². The van der Waals surface area contributed by atoms with Gasteiger partial charge in [0.2, 0.25) is 0 Å². The highest BCUT2D eigenvalue weighted by atomic mass is 32.2. The van der Waals surface area contributed by atoms with Crippen molar-refractivity contribution in [3.63, 3.8) is 0 Å². The Bertz CT molecular complexity index is 554. The van der Waals surface area contributed by atoms with E-state index in [0.29, 0.717) is 11.0 Å². The van der Waals surface area contributed by atoms with Gasteiger partial charge in [0.25, 0.3) is 0 Å². The summed E-state index contributed by atoms with van der Waals surface area (Å²) < 4.78 is 28.2. The van der Waals surface area contributed by atoms with Crippen LogP contribution in [0.3, 0.4) is 0 Å². The standard InChI is InChI=1S/C13H23N3O2S2/c1-3-20(17,18)11-12(14)16-19-13(11)15-10-6-4-5-9(2)7-8-10/h9-10,15H,3-8H2,1-2H3,(H2,14,16). The van der Waals surface area contributed by atoms with E-state index in [4.69, 9.17) is 5.73 Å². The summed E-state index contributed by atoms with van der Waals surface area (Å²) in [6, 6.07) is 0.325. The molecule has 1 aliphatic rings. The first-order valence-electron chi connectivity index (χ1n) is 7.18. The minimum absolute atomic E-state index is 0.0476. The molecule has 1 aromatic heterocycles. The molecule has 0 amide bonds. The lowest BCUT2D eigenvalue weighted by molar-refractivity contribution is 0.502. The Balaban J connectivity index is 2.18. The molecule has 0 saturated heterocycles. The van der Waals surface area contributed by atoms with E-state index in [2.05, 4.69) is 16.6 Å². The first-order valence-corrected chi connectivity index (χ1v) is 9.61. The smallest absolute Gasteiger partial charge is 0.184 e. The second kappa shape index (κ2) is 6.30. The van der Waals surface area contributed by atoms with Gasteiger partial charge in [-0.1, -0.05) is 26.7 Å².